The van der Waals surface area contributed by atoms with E-state index >= 15 is 0 Å². The summed E-state index contributed by atoms with van der Waals surface area (Å²) >= 11 is 0. The van der Waals surface area contributed by atoms with Crippen LogP contribution in [0.4, 0.5) is 0 Å². The van der Waals surface area contributed by atoms with Crippen molar-refractivity contribution in [1.29, 1.82) is 0 Å². The smallest absolute Gasteiger partial charge is 0.331 e. The number of aromatic hydroxyl groups is 1. The van der Waals surface area contributed by atoms with Crippen molar-refractivity contribution in [2.75, 3.05) is 7.05 Å². The zero-order chi connectivity index (χ0) is 14.8. The van der Waals surface area contributed by atoms with Crippen LogP contribution in [0.2, 0.25) is 0 Å². The SMILES string of the molecule is CCc1c(O)n(CC(C)(C)C(=O)NC)c(=O)[nH]c1=O. The van der Waals surface area contributed by atoms with Gasteiger partial charge in [0.1, 0.15) is 0 Å². The summed E-state index contributed by atoms with van der Waals surface area (Å²) in [6.45, 7) is 4.97. The van der Waals surface area contributed by atoms with Crippen LogP contribution in [0.1, 0.15) is 26.3 Å². The molecule has 0 bridgehead atoms. The molecule has 0 radical (unpaired) electrons. The van der Waals surface area contributed by atoms with Crippen molar-refractivity contribution < 1.29 is 9.90 Å². The van der Waals surface area contributed by atoms with E-state index in [2.05, 4.69) is 10.3 Å². The van der Waals surface area contributed by atoms with Crippen molar-refractivity contribution in [3.63, 3.8) is 0 Å². The molecule has 1 aromatic rings. The summed E-state index contributed by atoms with van der Waals surface area (Å²) < 4.78 is 1.01. The molecule has 0 atom stereocenters. The molecule has 106 valence electrons. The minimum atomic E-state index is -0.890. The fourth-order valence-corrected chi connectivity index (χ4v) is 1.87. The van der Waals surface area contributed by atoms with Crippen molar-refractivity contribution in [1.82, 2.24) is 14.9 Å². The van der Waals surface area contributed by atoms with Crippen LogP contribution in [0.5, 0.6) is 5.88 Å². The van der Waals surface area contributed by atoms with E-state index in [0.29, 0.717) is 6.42 Å². The van der Waals surface area contributed by atoms with Crippen molar-refractivity contribution >= 4 is 5.91 Å². The monoisotopic (exact) mass is 269 g/mol. The molecule has 0 fully saturated rings. The molecule has 0 aliphatic carbocycles. The third-order valence-electron chi connectivity index (χ3n) is 3.01. The third kappa shape index (κ3) is 2.86. The lowest BCUT2D eigenvalue weighted by Gasteiger charge is -2.24. The highest BCUT2D eigenvalue weighted by atomic mass is 16.3. The average Bonchev–Trinajstić information content (AvgIpc) is 2.33. The fraction of sp³-hybridized carbons (Fsp3) is 0.583. The lowest BCUT2D eigenvalue weighted by Crippen LogP contribution is -2.42. The van der Waals surface area contributed by atoms with Crippen LogP contribution in [-0.4, -0.2) is 27.6 Å². The fourth-order valence-electron chi connectivity index (χ4n) is 1.87. The highest BCUT2D eigenvalue weighted by Crippen LogP contribution is 2.21. The molecule has 0 spiro atoms. The Morgan fingerprint density at radius 2 is 2.00 bits per heavy atom. The van der Waals surface area contributed by atoms with Crippen LogP contribution >= 0.6 is 0 Å². The number of amides is 1. The van der Waals surface area contributed by atoms with E-state index < -0.39 is 16.7 Å². The number of nitrogens with zero attached hydrogens (tertiary/aromatic N) is 1. The first kappa shape index (κ1) is 15.0. The molecular formula is C12H19N3O4. The van der Waals surface area contributed by atoms with Crippen LogP contribution in [0.15, 0.2) is 9.59 Å². The van der Waals surface area contributed by atoms with Crippen LogP contribution < -0.4 is 16.6 Å². The maximum atomic E-state index is 11.7. The van der Waals surface area contributed by atoms with Gasteiger partial charge in [0.15, 0.2) is 0 Å². The van der Waals surface area contributed by atoms with E-state index in [4.69, 9.17) is 0 Å². The van der Waals surface area contributed by atoms with Gasteiger partial charge in [0.05, 0.1) is 11.0 Å². The molecule has 7 heteroatoms. The van der Waals surface area contributed by atoms with E-state index in [9.17, 15) is 19.5 Å². The van der Waals surface area contributed by atoms with Crippen molar-refractivity contribution in [2.45, 2.75) is 33.7 Å². The third-order valence-corrected chi connectivity index (χ3v) is 3.01. The number of aromatic nitrogens is 2. The van der Waals surface area contributed by atoms with Crippen LogP contribution in [0, 0.1) is 5.41 Å². The van der Waals surface area contributed by atoms with Gasteiger partial charge in [0.2, 0.25) is 11.8 Å². The Morgan fingerprint density at radius 3 is 2.47 bits per heavy atom. The molecule has 0 aromatic carbocycles. The minimum Gasteiger partial charge on any atom is -0.494 e. The maximum Gasteiger partial charge on any atom is 0.331 e. The largest absolute Gasteiger partial charge is 0.494 e. The van der Waals surface area contributed by atoms with Gasteiger partial charge in [-0.2, -0.15) is 0 Å². The Hall–Kier alpha value is -2.05. The van der Waals surface area contributed by atoms with E-state index in [1.165, 1.54) is 7.05 Å². The van der Waals surface area contributed by atoms with Gasteiger partial charge in [-0.1, -0.05) is 6.92 Å². The molecule has 3 N–H and O–H groups in total. The topological polar surface area (TPSA) is 104 Å². The molecule has 7 nitrogen and oxygen atoms in total. The molecule has 0 saturated carbocycles. The summed E-state index contributed by atoms with van der Waals surface area (Å²) in [7, 11) is 1.50. The second-order valence-electron chi connectivity index (χ2n) is 4.96. The highest BCUT2D eigenvalue weighted by Gasteiger charge is 2.29. The summed E-state index contributed by atoms with van der Waals surface area (Å²) in [4.78, 5) is 37.1. The number of rotatable bonds is 4. The van der Waals surface area contributed by atoms with Crippen molar-refractivity contribution in [3.8, 4) is 5.88 Å². The number of carbonyl (C=O) groups is 1. The first-order valence-corrected chi connectivity index (χ1v) is 6.01. The summed E-state index contributed by atoms with van der Waals surface area (Å²) in [6, 6.07) is 0. The van der Waals surface area contributed by atoms with Gasteiger partial charge in [0.25, 0.3) is 5.56 Å². The lowest BCUT2D eigenvalue weighted by molar-refractivity contribution is -0.129. The number of carbonyl (C=O) groups excluding carboxylic acids is 1. The van der Waals surface area contributed by atoms with Crippen LogP contribution in [0.3, 0.4) is 0 Å². The molecule has 1 rings (SSSR count). The minimum absolute atomic E-state index is 0.0267. The number of aromatic amines is 1. The number of H-pyrrole nitrogens is 1. The quantitative estimate of drug-likeness (QED) is 0.690. The van der Waals surface area contributed by atoms with E-state index in [-0.39, 0.29) is 23.9 Å². The highest BCUT2D eigenvalue weighted by molar-refractivity contribution is 5.81. The second-order valence-corrected chi connectivity index (χ2v) is 4.96. The van der Waals surface area contributed by atoms with Crippen LogP contribution in [0.25, 0.3) is 0 Å². The summed E-state index contributed by atoms with van der Waals surface area (Å²) in [5.41, 5.74) is -2.08. The van der Waals surface area contributed by atoms with Gasteiger partial charge in [-0.15, -0.1) is 0 Å². The predicted molar refractivity (Wildman–Crippen MR) is 70.2 cm³/mol. The van der Waals surface area contributed by atoms with E-state index in [0.717, 1.165) is 4.57 Å². The standard InChI is InChI=1S/C12H19N3O4/c1-5-7-8(16)14-11(19)15(9(7)17)6-12(2,3)10(18)13-4/h17H,5-6H2,1-4H3,(H,13,18)(H,14,16,19). The molecule has 1 aromatic heterocycles. The van der Waals surface area contributed by atoms with Gasteiger partial charge < -0.3 is 10.4 Å². The number of hydrogen-bond acceptors (Lipinski definition) is 4. The molecule has 1 amide bonds. The number of hydrogen-bond donors (Lipinski definition) is 3. The Bertz CT molecular complexity index is 598. The van der Waals surface area contributed by atoms with Crippen molar-refractivity contribution in [3.05, 3.63) is 26.4 Å². The predicted octanol–water partition coefficient (Wildman–Crippen LogP) is -0.423. The Kier molecular flexibility index (Phi) is 4.18. The summed E-state index contributed by atoms with van der Waals surface area (Å²) in [5, 5.41) is 12.5. The van der Waals surface area contributed by atoms with Gasteiger partial charge >= 0.3 is 5.69 Å². The molecule has 0 aliphatic rings. The Morgan fingerprint density at radius 1 is 1.42 bits per heavy atom. The Labute approximate surface area is 110 Å². The second kappa shape index (κ2) is 5.29. The zero-order valence-electron chi connectivity index (χ0n) is 11.5. The summed E-state index contributed by atoms with van der Waals surface area (Å²) in [5.74, 6) is -0.642. The molecule has 0 aliphatic heterocycles. The summed E-state index contributed by atoms with van der Waals surface area (Å²) in [6.07, 6.45) is 0.294. The molecule has 0 unspecified atom stereocenters. The van der Waals surface area contributed by atoms with Gasteiger partial charge in [0, 0.05) is 13.6 Å². The lowest BCUT2D eigenvalue weighted by atomic mass is 9.92. The van der Waals surface area contributed by atoms with E-state index in [1.807, 2.05) is 0 Å². The zero-order valence-corrected chi connectivity index (χ0v) is 11.5. The molecule has 0 saturated heterocycles. The van der Waals surface area contributed by atoms with Crippen molar-refractivity contribution in [2.24, 2.45) is 5.41 Å². The molecule has 19 heavy (non-hydrogen) atoms. The van der Waals surface area contributed by atoms with Gasteiger partial charge in [-0.25, -0.2) is 4.79 Å². The average molecular weight is 269 g/mol. The van der Waals surface area contributed by atoms with Crippen LogP contribution in [-0.2, 0) is 17.8 Å². The molecular weight excluding hydrogens is 250 g/mol. The maximum absolute atomic E-state index is 11.7. The van der Waals surface area contributed by atoms with E-state index in [1.54, 1.807) is 20.8 Å². The first-order valence-electron chi connectivity index (χ1n) is 6.01. The van der Waals surface area contributed by atoms with Gasteiger partial charge in [-0.3, -0.25) is 19.1 Å². The normalized spacial score (nSPS) is 11.4. The molecule has 1 heterocycles. The van der Waals surface area contributed by atoms with Gasteiger partial charge in [-0.05, 0) is 20.3 Å². The number of nitrogens with one attached hydrogen (secondary N) is 2. The Balaban J connectivity index is 3.34. The first-order chi connectivity index (χ1) is 8.74.